The molecule has 54 valence electrons. The van der Waals surface area contributed by atoms with Crippen LogP contribution in [0.1, 0.15) is 22.3 Å². The van der Waals surface area contributed by atoms with Gasteiger partial charge in [-0.15, -0.1) is 0 Å². The summed E-state index contributed by atoms with van der Waals surface area (Å²) in [5, 5.41) is 0. The maximum absolute atomic E-state index is 10.7. The number of aromatic amines is 1. The smallest absolute Gasteiger partial charge is 0.305 e. The van der Waals surface area contributed by atoms with Gasteiger partial charge in [0.15, 0.2) is 5.78 Å². The molecule has 0 saturated carbocycles. The number of H-pyrrole nitrogens is 1. The Morgan fingerprint density at radius 1 is 1.60 bits per heavy atom. The van der Waals surface area contributed by atoms with Gasteiger partial charge in [0.05, 0.1) is 4.88 Å². The van der Waals surface area contributed by atoms with Crippen molar-refractivity contribution in [2.45, 2.75) is 13.8 Å². The maximum atomic E-state index is 10.7. The number of aryl methyl sites for hydroxylation is 1. The van der Waals surface area contributed by atoms with E-state index in [0.29, 0.717) is 10.6 Å². The molecule has 0 fully saturated rings. The number of Topliss-reactive ketones (excluding diaryl/α,β-unsaturated/α-hetero) is 1. The first-order chi connectivity index (χ1) is 4.61. The first-order valence-electron chi connectivity index (χ1n) is 2.82. The Labute approximate surface area is 61.7 Å². The molecular weight excluding hydrogens is 150 g/mol. The largest absolute Gasteiger partial charge is 0.316 e. The van der Waals surface area contributed by atoms with Crippen molar-refractivity contribution in [2.24, 2.45) is 0 Å². The Hall–Kier alpha value is -0.900. The topological polar surface area (TPSA) is 49.9 Å². The summed E-state index contributed by atoms with van der Waals surface area (Å²) in [5.74, 6) is -0.0548. The molecule has 0 unspecified atom stereocenters. The van der Waals surface area contributed by atoms with Crippen LogP contribution in [-0.2, 0) is 0 Å². The summed E-state index contributed by atoms with van der Waals surface area (Å²) in [6.07, 6.45) is 0. The summed E-state index contributed by atoms with van der Waals surface area (Å²) in [5.41, 5.74) is 0.669. The zero-order valence-corrected chi connectivity index (χ0v) is 6.54. The highest BCUT2D eigenvalue weighted by molar-refractivity contribution is 7.11. The molecule has 0 atom stereocenters. The van der Waals surface area contributed by atoms with E-state index in [-0.39, 0.29) is 10.7 Å². The van der Waals surface area contributed by atoms with Gasteiger partial charge in [-0.2, -0.15) is 0 Å². The van der Waals surface area contributed by atoms with Crippen LogP contribution in [0.4, 0.5) is 0 Å². The molecule has 1 aromatic heterocycles. The number of ketones is 1. The third kappa shape index (κ3) is 1.16. The fraction of sp³-hybridized carbons (Fsp3) is 0.333. The molecule has 0 spiro atoms. The van der Waals surface area contributed by atoms with Gasteiger partial charge in [-0.3, -0.25) is 9.59 Å². The molecule has 0 aliphatic rings. The fourth-order valence-corrected chi connectivity index (χ4v) is 1.48. The summed E-state index contributed by atoms with van der Waals surface area (Å²) in [6.45, 7) is 3.17. The van der Waals surface area contributed by atoms with E-state index in [2.05, 4.69) is 4.98 Å². The average molecular weight is 157 g/mol. The van der Waals surface area contributed by atoms with Crippen molar-refractivity contribution < 1.29 is 4.79 Å². The molecule has 0 bridgehead atoms. The molecule has 0 aliphatic carbocycles. The van der Waals surface area contributed by atoms with Crippen LogP contribution in [0.25, 0.3) is 0 Å². The number of carbonyl (C=O) groups excluding carboxylic acids is 1. The van der Waals surface area contributed by atoms with E-state index in [1.165, 1.54) is 6.92 Å². The SMILES string of the molecule is CC(=O)c1sc(=O)[nH]c1C. The molecule has 1 N–H and O–H groups in total. The van der Waals surface area contributed by atoms with Gasteiger partial charge in [0.1, 0.15) is 0 Å². The van der Waals surface area contributed by atoms with Gasteiger partial charge < -0.3 is 4.98 Å². The minimum atomic E-state index is -0.164. The van der Waals surface area contributed by atoms with Crippen molar-refractivity contribution in [3.63, 3.8) is 0 Å². The summed E-state index contributed by atoms with van der Waals surface area (Å²) in [7, 11) is 0. The predicted octanol–water partition coefficient (Wildman–Crippen LogP) is 0.947. The highest BCUT2D eigenvalue weighted by atomic mass is 32.1. The standard InChI is InChI=1S/C6H7NO2S/c1-3-5(4(2)8)10-6(9)7-3/h1-2H3,(H,7,9). The third-order valence-corrected chi connectivity index (χ3v) is 2.23. The highest BCUT2D eigenvalue weighted by Crippen LogP contribution is 2.07. The van der Waals surface area contributed by atoms with Gasteiger partial charge in [-0.1, -0.05) is 11.3 Å². The lowest BCUT2D eigenvalue weighted by atomic mass is 10.3. The molecule has 4 heteroatoms. The predicted molar refractivity (Wildman–Crippen MR) is 39.7 cm³/mol. The van der Waals surface area contributed by atoms with Crippen LogP contribution in [0, 0.1) is 6.92 Å². The molecule has 0 radical (unpaired) electrons. The second-order valence-electron chi connectivity index (χ2n) is 2.02. The zero-order chi connectivity index (χ0) is 7.72. The van der Waals surface area contributed by atoms with E-state index < -0.39 is 0 Å². The lowest BCUT2D eigenvalue weighted by Gasteiger charge is -1.86. The van der Waals surface area contributed by atoms with Crippen LogP contribution in [0.5, 0.6) is 0 Å². The molecule has 0 saturated heterocycles. The zero-order valence-electron chi connectivity index (χ0n) is 5.72. The molecule has 10 heavy (non-hydrogen) atoms. The second-order valence-corrected chi connectivity index (χ2v) is 3.01. The summed E-state index contributed by atoms with van der Waals surface area (Å²) in [6, 6.07) is 0. The molecule has 1 rings (SSSR count). The van der Waals surface area contributed by atoms with Crippen molar-refractivity contribution in [1.82, 2.24) is 4.98 Å². The Bertz CT molecular complexity index is 310. The summed E-state index contributed by atoms with van der Waals surface area (Å²) in [4.78, 5) is 24.3. The van der Waals surface area contributed by atoms with E-state index in [9.17, 15) is 9.59 Å². The van der Waals surface area contributed by atoms with E-state index in [4.69, 9.17) is 0 Å². The summed E-state index contributed by atoms with van der Waals surface area (Å²) < 4.78 is 0. The van der Waals surface area contributed by atoms with E-state index in [0.717, 1.165) is 11.3 Å². The number of rotatable bonds is 1. The first kappa shape index (κ1) is 7.21. The lowest BCUT2D eigenvalue weighted by molar-refractivity contribution is 0.102. The van der Waals surface area contributed by atoms with Crippen molar-refractivity contribution in [3.05, 3.63) is 20.2 Å². The third-order valence-electron chi connectivity index (χ3n) is 1.14. The second kappa shape index (κ2) is 2.38. The lowest BCUT2D eigenvalue weighted by Crippen LogP contribution is -1.91. The Kier molecular flexibility index (Phi) is 1.72. The Morgan fingerprint density at radius 3 is 2.40 bits per heavy atom. The van der Waals surface area contributed by atoms with Crippen LogP contribution in [-0.4, -0.2) is 10.8 Å². The normalized spacial score (nSPS) is 9.80. The number of hydrogen-bond acceptors (Lipinski definition) is 3. The number of carbonyl (C=O) groups is 1. The molecular formula is C6H7NO2S. The molecule has 1 heterocycles. The van der Waals surface area contributed by atoms with E-state index in [1.54, 1.807) is 6.92 Å². The fourth-order valence-electron chi connectivity index (χ4n) is 0.741. The van der Waals surface area contributed by atoms with Gasteiger partial charge >= 0.3 is 4.87 Å². The Balaban J connectivity index is 3.28. The van der Waals surface area contributed by atoms with Crippen molar-refractivity contribution in [3.8, 4) is 0 Å². The summed E-state index contributed by atoms with van der Waals surface area (Å²) >= 11 is 0.962. The monoisotopic (exact) mass is 157 g/mol. The van der Waals surface area contributed by atoms with Crippen LogP contribution in [0.2, 0.25) is 0 Å². The molecule has 0 aromatic carbocycles. The highest BCUT2D eigenvalue weighted by Gasteiger charge is 2.06. The van der Waals surface area contributed by atoms with E-state index in [1.807, 2.05) is 0 Å². The quantitative estimate of drug-likeness (QED) is 0.617. The van der Waals surface area contributed by atoms with Gasteiger partial charge in [0.25, 0.3) is 0 Å². The van der Waals surface area contributed by atoms with Crippen LogP contribution < -0.4 is 4.87 Å². The van der Waals surface area contributed by atoms with Gasteiger partial charge in [-0.05, 0) is 6.92 Å². The van der Waals surface area contributed by atoms with Crippen molar-refractivity contribution in [2.75, 3.05) is 0 Å². The van der Waals surface area contributed by atoms with Gasteiger partial charge in [0, 0.05) is 12.6 Å². The number of hydrogen-bond donors (Lipinski definition) is 1. The molecule has 3 nitrogen and oxygen atoms in total. The first-order valence-corrected chi connectivity index (χ1v) is 3.63. The van der Waals surface area contributed by atoms with Gasteiger partial charge in [-0.25, -0.2) is 0 Å². The van der Waals surface area contributed by atoms with Crippen LogP contribution >= 0.6 is 11.3 Å². The minimum absolute atomic E-state index is 0.0548. The molecule has 0 aliphatic heterocycles. The van der Waals surface area contributed by atoms with E-state index >= 15 is 0 Å². The number of nitrogens with one attached hydrogen (secondary N) is 1. The van der Waals surface area contributed by atoms with Crippen LogP contribution in [0.3, 0.4) is 0 Å². The van der Waals surface area contributed by atoms with Crippen molar-refractivity contribution in [1.29, 1.82) is 0 Å². The van der Waals surface area contributed by atoms with Crippen LogP contribution in [0.15, 0.2) is 4.79 Å². The molecule has 0 amide bonds. The van der Waals surface area contributed by atoms with Crippen molar-refractivity contribution >= 4 is 17.1 Å². The number of thiazole rings is 1. The minimum Gasteiger partial charge on any atom is -0.316 e. The molecule has 1 aromatic rings. The number of aromatic nitrogens is 1. The van der Waals surface area contributed by atoms with Gasteiger partial charge in [0.2, 0.25) is 0 Å². The Morgan fingerprint density at radius 2 is 2.20 bits per heavy atom. The average Bonchev–Trinajstić information content (AvgIpc) is 2.10. The maximum Gasteiger partial charge on any atom is 0.305 e.